The van der Waals surface area contributed by atoms with Crippen LogP contribution in [0.25, 0.3) is 0 Å². The Balaban J connectivity index is 1.99. The zero-order valence-electron chi connectivity index (χ0n) is 12.8. The molecule has 0 N–H and O–H groups in total. The molecule has 0 aliphatic carbocycles. The number of alkyl halides is 2. The van der Waals surface area contributed by atoms with Crippen molar-refractivity contribution in [3.05, 3.63) is 54.0 Å². The van der Waals surface area contributed by atoms with Gasteiger partial charge in [0, 0.05) is 6.54 Å². The average molecular weight is 334 g/mol. The van der Waals surface area contributed by atoms with Crippen LogP contribution in [-0.2, 0) is 17.8 Å². The van der Waals surface area contributed by atoms with E-state index < -0.39 is 6.61 Å². The molecule has 0 radical (unpaired) electrons. The van der Waals surface area contributed by atoms with Crippen LogP contribution in [-0.4, -0.2) is 24.0 Å². The van der Waals surface area contributed by atoms with E-state index in [9.17, 15) is 13.6 Å². The second-order valence-corrected chi connectivity index (χ2v) is 5.00. The quantitative estimate of drug-likeness (QED) is 0.742. The van der Waals surface area contributed by atoms with Crippen molar-refractivity contribution in [2.75, 3.05) is 6.54 Å². The summed E-state index contributed by atoms with van der Waals surface area (Å²) in [6.07, 6.45) is 1.83. The lowest BCUT2D eigenvalue weighted by atomic mass is 10.1. The van der Waals surface area contributed by atoms with E-state index in [1.807, 2.05) is 6.07 Å². The Morgan fingerprint density at radius 1 is 1.29 bits per heavy atom. The SMILES string of the molecule is N#CCCN(Cc1ccco1)C(=O)Cc1ccc(OC(F)F)cc1. The van der Waals surface area contributed by atoms with Gasteiger partial charge in [-0.05, 0) is 29.8 Å². The highest BCUT2D eigenvalue weighted by atomic mass is 19.3. The molecule has 1 aromatic heterocycles. The molecule has 0 unspecified atom stereocenters. The van der Waals surface area contributed by atoms with Gasteiger partial charge in [-0.15, -0.1) is 0 Å². The first-order chi connectivity index (χ1) is 11.6. The molecule has 24 heavy (non-hydrogen) atoms. The van der Waals surface area contributed by atoms with Crippen molar-refractivity contribution in [2.45, 2.75) is 26.0 Å². The number of nitrogens with zero attached hydrogens (tertiary/aromatic N) is 2. The number of hydrogen-bond acceptors (Lipinski definition) is 4. The number of hydrogen-bond donors (Lipinski definition) is 0. The first kappa shape index (κ1) is 17.5. The molecule has 0 bridgehead atoms. The molecule has 0 fully saturated rings. The van der Waals surface area contributed by atoms with Crippen molar-refractivity contribution >= 4 is 5.91 Å². The van der Waals surface area contributed by atoms with Gasteiger partial charge in [-0.2, -0.15) is 14.0 Å². The summed E-state index contributed by atoms with van der Waals surface area (Å²) in [5.74, 6) is 0.490. The Labute approximate surface area is 138 Å². The number of carbonyl (C=O) groups is 1. The van der Waals surface area contributed by atoms with E-state index in [1.165, 1.54) is 23.3 Å². The fourth-order valence-corrected chi connectivity index (χ4v) is 2.14. The fourth-order valence-electron chi connectivity index (χ4n) is 2.14. The van der Waals surface area contributed by atoms with Gasteiger partial charge in [0.05, 0.1) is 31.7 Å². The largest absolute Gasteiger partial charge is 0.467 e. The van der Waals surface area contributed by atoms with Crippen molar-refractivity contribution < 1.29 is 22.7 Å². The fraction of sp³-hybridized carbons (Fsp3) is 0.294. The van der Waals surface area contributed by atoms with Crippen LogP contribution in [0.5, 0.6) is 5.75 Å². The smallest absolute Gasteiger partial charge is 0.387 e. The number of ether oxygens (including phenoxy) is 1. The lowest BCUT2D eigenvalue weighted by molar-refractivity contribution is -0.131. The summed E-state index contributed by atoms with van der Waals surface area (Å²) < 4.78 is 33.7. The molecule has 0 saturated heterocycles. The maximum Gasteiger partial charge on any atom is 0.387 e. The van der Waals surface area contributed by atoms with Gasteiger partial charge in [0.15, 0.2) is 0 Å². The van der Waals surface area contributed by atoms with Gasteiger partial charge in [-0.3, -0.25) is 4.79 Å². The average Bonchev–Trinajstić information content (AvgIpc) is 3.05. The molecule has 0 aliphatic heterocycles. The van der Waals surface area contributed by atoms with E-state index in [4.69, 9.17) is 9.68 Å². The Morgan fingerprint density at radius 3 is 2.62 bits per heavy atom. The van der Waals surface area contributed by atoms with Crippen LogP contribution < -0.4 is 4.74 Å². The van der Waals surface area contributed by atoms with Gasteiger partial charge >= 0.3 is 6.61 Å². The van der Waals surface area contributed by atoms with Crippen LogP contribution in [0.15, 0.2) is 47.1 Å². The van der Waals surface area contributed by atoms with E-state index in [0.717, 1.165) is 0 Å². The predicted octanol–water partition coefficient (Wildman–Crippen LogP) is 3.37. The van der Waals surface area contributed by atoms with Crippen molar-refractivity contribution in [2.24, 2.45) is 0 Å². The van der Waals surface area contributed by atoms with Crippen LogP contribution in [0, 0.1) is 11.3 Å². The number of benzene rings is 1. The van der Waals surface area contributed by atoms with Crippen LogP contribution in [0.4, 0.5) is 8.78 Å². The molecule has 5 nitrogen and oxygen atoms in total. The standard InChI is InChI=1S/C17H16F2N2O3/c18-17(19)24-14-6-4-13(5-7-14)11-16(22)21(9-2-8-20)12-15-3-1-10-23-15/h1,3-7,10,17H,2,9,11-12H2. The monoisotopic (exact) mass is 334 g/mol. The van der Waals surface area contributed by atoms with Crippen molar-refractivity contribution in [1.82, 2.24) is 4.90 Å². The third-order valence-corrected chi connectivity index (χ3v) is 3.28. The van der Waals surface area contributed by atoms with E-state index in [2.05, 4.69) is 4.74 Å². The summed E-state index contributed by atoms with van der Waals surface area (Å²) in [5, 5.41) is 8.73. The minimum Gasteiger partial charge on any atom is -0.467 e. The topological polar surface area (TPSA) is 66.5 Å². The third kappa shape index (κ3) is 5.39. The van der Waals surface area contributed by atoms with Gasteiger partial charge in [0.2, 0.25) is 5.91 Å². The summed E-state index contributed by atoms with van der Waals surface area (Å²) in [6.45, 7) is -2.31. The zero-order valence-corrected chi connectivity index (χ0v) is 12.8. The molecule has 1 aromatic carbocycles. The van der Waals surface area contributed by atoms with E-state index in [-0.39, 0.29) is 31.0 Å². The van der Waals surface area contributed by atoms with Crippen molar-refractivity contribution in [3.8, 4) is 11.8 Å². The number of rotatable bonds is 8. The van der Waals surface area contributed by atoms with Gasteiger partial charge < -0.3 is 14.1 Å². The molecule has 1 amide bonds. The molecular formula is C17H16F2N2O3. The Morgan fingerprint density at radius 2 is 2.04 bits per heavy atom. The van der Waals surface area contributed by atoms with Gasteiger partial charge in [-0.25, -0.2) is 0 Å². The highest BCUT2D eigenvalue weighted by molar-refractivity contribution is 5.78. The molecule has 0 aliphatic rings. The summed E-state index contributed by atoms with van der Waals surface area (Å²) in [4.78, 5) is 14.0. The number of carbonyl (C=O) groups excluding carboxylic acids is 1. The summed E-state index contributed by atoms with van der Waals surface area (Å²) in [6, 6.07) is 11.4. The van der Waals surface area contributed by atoms with Crippen LogP contribution in [0.3, 0.4) is 0 Å². The van der Waals surface area contributed by atoms with Crippen LogP contribution in [0.2, 0.25) is 0 Å². The molecule has 2 rings (SSSR count). The molecule has 0 saturated carbocycles. The minimum atomic E-state index is -2.88. The number of amides is 1. The summed E-state index contributed by atoms with van der Waals surface area (Å²) >= 11 is 0. The second-order valence-electron chi connectivity index (χ2n) is 5.00. The molecule has 0 atom stereocenters. The summed E-state index contributed by atoms with van der Waals surface area (Å²) in [7, 11) is 0. The minimum absolute atomic E-state index is 0.0399. The molecule has 126 valence electrons. The lowest BCUT2D eigenvalue weighted by Crippen LogP contribution is -2.32. The van der Waals surface area contributed by atoms with Crippen LogP contribution in [0.1, 0.15) is 17.7 Å². The molecule has 7 heteroatoms. The highest BCUT2D eigenvalue weighted by Crippen LogP contribution is 2.16. The molecular weight excluding hydrogens is 318 g/mol. The third-order valence-electron chi connectivity index (χ3n) is 3.28. The Hall–Kier alpha value is -2.88. The number of halogens is 2. The predicted molar refractivity (Wildman–Crippen MR) is 81.1 cm³/mol. The maximum absolute atomic E-state index is 12.4. The highest BCUT2D eigenvalue weighted by Gasteiger charge is 2.16. The molecule has 1 heterocycles. The first-order valence-electron chi connectivity index (χ1n) is 7.29. The van der Waals surface area contributed by atoms with Crippen LogP contribution >= 0.6 is 0 Å². The van der Waals surface area contributed by atoms with E-state index in [0.29, 0.717) is 17.9 Å². The molecule has 0 spiro atoms. The second kappa shape index (κ2) is 8.67. The summed E-state index contributed by atoms with van der Waals surface area (Å²) in [5.41, 5.74) is 0.669. The van der Waals surface area contributed by atoms with Gasteiger partial charge in [0.25, 0.3) is 0 Å². The van der Waals surface area contributed by atoms with Crippen molar-refractivity contribution in [3.63, 3.8) is 0 Å². The van der Waals surface area contributed by atoms with Crippen molar-refractivity contribution in [1.29, 1.82) is 5.26 Å². The van der Waals surface area contributed by atoms with Gasteiger partial charge in [-0.1, -0.05) is 12.1 Å². The zero-order chi connectivity index (χ0) is 17.4. The van der Waals surface area contributed by atoms with E-state index >= 15 is 0 Å². The Bertz CT molecular complexity index is 679. The van der Waals surface area contributed by atoms with Gasteiger partial charge in [0.1, 0.15) is 11.5 Å². The number of furan rings is 1. The Kier molecular flexibility index (Phi) is 6.32. The lowest BCUT2D eigenvalue weighted by Gasteiger charge is -2.20. The molecule has 2 aromatic rings. The first-order valence-corrected chi connectivity index (χ1v) is 7.29. The normalized spacial score (nSPS) is 10.4. The van der Waals surface area contributed by atoms with E-state index in [1.54, 1.807) is 24.3 Å². The maximum atomic E-state index is 12.4. The number of nitriles is 1.